The van der Waals surface area contributed by atoms with Crippen LogP contribution in [0.1, 0.15) is 175 Å². The second-order valence-corrected chi connectivity index (χ2v) is 12.5. The molecule has 1 atom stereocenters. The number of unbranched alkanes of at least 4 members (excludes halogenated alkanes) is 16. The summed E-state index contributed by atoms with van der Waals surface area (Å²) in [5.41, 5.74) is 0. The predicted octanol–water partition coefficient (Wildman–Crippen LogP) is 10.8. The lowest BCUT2D eigenvalue weighted by Gasteiger charge is -2.23. The fraction of sp³-hybridized carbons (Fsp3) is 0.971. The molecule has 4 nitrogen and oxygen atoms in total. The van der Waals surface area contributed by atoms with Crippen molar-refractivity contribution in [1.29, 1.82) is 0 Å². The van der Waals surface area contributed by atoms with Crippen LogP contribution in [-0.4, -0.2) is 55.2 Å². The Bertz CT molecular complexity index is 527. The van der Waals surface area contributed by atoms with Gasteiger partial charge in [0.15, 0.2) is 0 Å². The minimum absolute atomic E-state index is 0.114. The van der Waals surface area contributed by atoms with E-state index in [9.17, 15) is 4.79 Å². The van der Waals surface area contributed by atoms with Crippen molar-refractivity contribution in [2.75, 3.05) is 39.3 Å². The first-order valence-corrected chi connectivity index (χ1v) is 17.8. The summed E-state index contributed by atoms with van der Waals surface area (Å²) in [5.74, 6) is 0.990. The van der Waals surface area contributed by atoms with Crippen molar-refractivity contribution in [3.05, 3.63) is 0 Å². The molecule has 1 heterocycles. The molecule has 0 radical (unpaired) electrons. The van der Waals surface area contributed by atoms with E-state index in [1.54, 1.807) is 0 Å². The maximum atomic E-state index is 11.7. The maximum Gasteiger partial charge on any atom is 0.409 e. The van der Waals surface area contributed by atoms with Crippen LogP contribution >= 0.6 is 0 Å². The van der Waals surface area contributed by atoms with Crippen molar-refractivity contribution < 1.29 is 9.53 Å². The van der Waals surface area contributed by atoms with E-state index in [-0.39, 0.29) is 6.09 Å². The van der Waals surface area contributed by atoms with Gasteiger partial charge in [-0.05, 0) is 44.8 Å². The third-order valence-electron chi connectivity index (χ3n) is 8.84. The summed E-state index contributed by atoms with van der Waals surface area (Å²) in [6.07, 6.45) is 33.4. The van der Waals surface area contributed by atoms with Gasteiger partial charge in [-0.2, -0.15) is 0 Å². The first kappa shape index (κ1) is 36.3. The average molecular weight is 551 g/mol. The molecule has 1 saturated heterocycles. The fourth-order valence-electron chi connectivity index (χ4n) is 6.19. The van der Waals surface area contributed by atoms with Crippen LogP contribution in [0.2, 0.25) is 0 Å². The summed E-state index contributed by atoms with van der Waals surface area (Å²) in [7, 11) is 0. The molecule has 1 rings (SSSR count). The van der Waals surface area contributed by atoms with Crippen molar-refractivity contribution >= 4 is 6.09 Å². The number of nitrogens with zero attached hydrogens (tertiary/aromatic N) is 2. The standard InChI is InChI=1S/C35H70N2O2/c1-4-7-10-13-17-22-28-36(30-24-31-37-32-33-39-35(37)38)29-23-18-14-16-21-27-34(25-19-12-9-6-3)26-20-15-11-8-5-2/h34H,4-33H2,1-3H3. The van der Waals surface area contributed by atoms with Crippen LogP contribution in [0.25, 0.3) is 0 Å². The zero-order chi connectivity index (χ0) is 28.2. The van der Waals surface area contributed by atoms with Gasteiger partial charge in [0.25, 0.3) is 0 Å². The van der Waals surface area contributed by atoms with E-state index in [4.69, 9.17) is 4.74 Å². The number of hydrogen-bond donors (Lipinski definition) is 0. The van der Waals surface area contributed by atoms with Crippen molar-refractivity contribution in [2.24, 2.45) is 5.92 Å². The second kappa shape index (κ2) is 27.4. The molecular formula is C35H70N2O2. The highest BCUT2D eigenvalue weighted by Crippen LogP contribution is 2.24. The molecule has 0 aromatic rings. The highest BCUT2D eigenvalue weighted by molar-refractivity contribution is 5.69. The van der Waals surface area contributed by atoms with Crippen LogP contribution in [0.4, 0.5) is 4.79 Å². The highest BCUT2D eigenvalue weighted by Gasteiger charge is 2.21. The number of cyclic esters (lactones) is 1. The Kier molecular flexibility index (Phi) is 25.5. The van der Waals surface area contributed by atoms with Gasteiger partial charge in [0.05, 0.1) is 6.54 Å². The van der Waals surface area contributed by atoms with Crippen LogP contribution in [0.15, 0.2) is 0 Å². The molecule has 0 aromatic carbocycles. The normalized spacial score (nSPS) is 14.5. The molecule has 1 aliphatic heterocycles. The summed E-state index contributed by atoms with van der Waals surface area (Å²) < 4.78 is 5.10. The van der Waals surface area contributed by atoms with Gasteiger partial charge in [-0.3, -0.25) is 0 Å². The minimum atomic E-state index is -0.114. The van der Waals surface area contributed by atoms with Gasteiger partial charge in [-0.15, -0.1) is 0 Å². The molecule has 0 saturated carbocycles. The van der Waals surface area contributed by atoms with Crippen LogP contribution in [0, 0.1) is 5.92 Å². The summed E-state index contributed by atoms with van der Waals surface area (Å²) >= 11 is 0. The molecule has 1 unspecified atom stereocenters. The second-order valence-electron chi connectivity index (χ2n) is 12.5. The van der Waals surface area contributed by atoms with Gasteiger partial charge in [-0.25, -0.2) is 4.79 Å². The molecule has 4 heteroatoms. The van der Waals surface area contributed by atoms with Crippen LogP contribution < -0.4 is 0 Å². The van der Waals surface area contributed by atoms with Gasteiger partial charge in [-0.1, -0.05) is 156 Å². The SMILES string of the molecule is CCCCCCCCN(CCCCCCCC(CCCCCC)CCCCCCC)CCCN1CCOC1=O. The lowest BCUT2D eigenvalue weighted by molar-refractivity contribution is 0.156. The Morgan fingerprint density at radius 2 is 1.00 bits per heavy atom. The summed E-state index contributed by atoms with van der Waals surface area (Å²) in [6, 6.07) is 0. The number of carbonyl (C=O) groups is 1. The molecule has 0 aromatic heterocycles. The van der Waals surface area contributed by atoms with Crippen molar-refractivity contribution in [1.82, 2.24) is 9.80 Å². The van der Waals surface area contributed by atoms with Crippen LogP contribution in [0.5, 0.6) is 0 Å². The molecule has 0 N–H and O–H groups in total. The summed E-state index contributed by atoms with van der Waals surface area (Å²) in [4.78, 5) is 16.3. The number of amides is 1. The van der Waals surface area contributed by atoms with E-state index in [0.717, 1.165) is 32.0 Å². The number of hydrogen-bond acceptors (Lipinski definition) is 3. The zero-order valence-corrected chi connectivity index (χ0v) is 27.0. The molecule has 39 heavy (non-hydrogen) atoms. The lowest BCUT2D eigenvalue weighted by atomic mass is 9.89. The Balaban J connectivity index is 2.23. The first-order valence-electron chi connectivity index (χ1n) is 17.8. The van der Waals surface area contributed by atoms with Gasteiger partial charge >= 0.3 is 6.09 Å². The topological polar surface area (TPSA) is 32.8 Å². The van der Waals surface area contributed by atoms with Crippen molar-refractivity contribution in [3.8, 4) is 0 Å². The van der Waals surface area contributed by atoms with Gasteiger partial charge < -0.3 is 14.5 Å². The van der Waals surface area contributed by atoms with Gasteiger partial charge in [0, 0.05) is 6.54 Å². The molecule has 232 valence electrons. The molecule has 1 aliphatic rings. The Morgan fingerprint density at radius 1 is 0.590 bits per heavy atom. The first-order chi connectivity index (χ1) is 19.2. The largest absolute Gasteiger partial charge is 0.448 e. The molecular weight excluding hydrogens is 480 g/mol. The van der Waals surface area contributed by atoms with Crippen LogP contribution in [0.3, 0.4) is 0 Å². The highest BCUT2D eigenvalue weighted by atomic mass is 16.6. The molecule has 0 bridgehead atoms. The molecule has 1 fully saturated rings. The third kappa shape index (κ3) is 21.6. The monoisotopic (exact) mass is 551 g/mol. The van der Waals surface area contributed by atoms with Gasteiger partial charge in [0.1, 0.15) is 6.61 Å². The average Bonchev–Trinajstić information content (AvgIpc) is 3.35. The Labute approximate surface area is 245 Å². The smallest absolute Gasteiger partial charge is 0.409 e. The third-order valence-corrected chi connectivity index (χ3v) is 8.84. The zero-order valence-electron chi connectivity index (χ0n) is 27.0. The molecule has 1 amide bonds. The Morgan fingerprint density at radius 3 is 1.46 bits per heavy atom. The predicted molar refractivity (Wildman–Crippen MR) is 171 cm³/mol. The van der Waals surface area contributed by atoms with E-state index in [0.29, 0.717) is 6.61 Å². The number of ether oxygens (including phenoxy) is 1. The van der Waals surface area contributed by atoms with E-state index in [1.807, 2.05) is 4.90 Å². The lowest BCUT2D eigenvalue weighted by Crippen LogP contribution is -2.32. The van der Waals surface area contributed by atoms with Crippen molar-refractivity contribution in [2.45, 2.75) is 175 Å². The fourth-order valence-corrected chi connectivity index (χ4v) is 6.19. The number of carbonyl (C=O) groups excluding carboxylic acids is 1. The summed E-state index contributed by atoms with van der Waals surface area (Å²) in [5, 5.41) is 0. The number of rotatable bonds is 30. The van der Waals surface area contributed by atoms with Crippen LogP contribution in [-0.2, 0) is 4.74 Å². The maximum absolute atomic E-state index is 11.7. The van der Waals surface area contributed by atoms with E-state index in [2.05, 4.69) is 25.7 Å². The van der Waals surface area contributed by atoms with E-state index in [1.165, 1.54) is 161 Å². The quantitative estimate of drug-likeness (QED) is 0.0834. The molecule has 0 spiro atoms. The van der Waals surface area contributed by atoms with E-state index < -0.39 is 0 Å². The molecule has 0 aliphatic carbocycles. The summed E-state index contributed by atoms with van der Waals surface area (Å²) in [6.45, 7) is 12.7. The minimum Gasteiger partial charge on any atom is -0.448 e. The Hall–Kier alpha value is -0.770. The van der Waals surface area contributed by atoms with Crippen molar-refractivity contribution in [3.63, 3.8) is 0 Å². The van der Waals surface area contributed by atoms with Gasteiger partial charge in [0.2, 0.25) is 0 Å². The van der Waals surface area contributed by atoms with E-state index >= 15 is 0 Å².